The van der Waals surface area contributed by atoms with E-state index in [0.29, 0.717) is 6.54 Å². The van der Waals surface area contributed by atoms with Gasteiger partial charge in [0.05, 0.1) is 6.54 Å². The molecule has 1 fully saturated rings. The first-order valence-corrected chi connectivity index (χ1v) is 4.90. The maximum absolute atomic E-state index is 11.9. The average molecular weight is 210 g/mol. The van der Waals surface area contributed by atoms with Crippen LogP contribution >= 0.6 is 0 Å². The van der Waals surface area contributed by atoms with Crippen molar-refractivity contribution >= 4 is 0 Å². The van der Waals surface area contributed by atoms with Crippen LogP contribution in [0.15, 0.2) is 0 Å². The molecule has 0 aliphatic carbocycles. The highest BCUT2D eigenvalue weighted by Crippen LogP contribution is 2.27. The van der Waals surface area contributed by atoms with Crippen LogP contribution in [-0.4, -0.2) is 32.4 Å². The SMILES string of the molecule is CC1(CNCC(F)(F)F)CCNCC1. The molecule has 84 valence electrons. The summed E-state index contributed by atoms with van der Waals surface area (Å²) in [5.74, 6) is 0. The summed E-state index contributed by atoms with van der Waals surface area (Å²) in [5, 5.41) is 5.68. The van der Waals surface area contributed by atoms with E-state index in [-0.39, 0.29) is 5.41 Å². The van der Waals surface area contributed by atoms with Gasteiger partial charge in [0.15, 0.2) is 0 Å². The Labute approximate surface area is 82.2 Å². The van der Waals surface area contributed by atoms with Crippen molar-refractivity contribution in [3.8, 4) is 0 Å². The van der Waals surface area contributed by atoms with Gasteiger partial charge < -0.3 is 10.6 Å². The van der Waals surface area contributed by atoms with Gasteiger partial charge in [-0.05, 0) is 31.3 Å². The molecule has 0 aromatic rings. The van der Waals surface area contributed by atoms with E-state index < -0.39 is 12.7 Å². The molecule has 0 bridgehead atoms. The zero-order valence-electron chi connectivity index (χ0n) is 8.38. The van der Waals surface area contributed by atoms with E-state index in [1.54, 1.807) is 0 Å². The van der Waals surface area contributed by atoms with Crippen molar-refractivity contribution in [1.82, 2.24) is 10.6 Å². The number of hydrogen-bond acceptors (Lipinski definition) is 2. The largest absolute Gasteiger partial charge is 0.401 e. The van der Waals surface area contributed by atoms with Crippen LogP contribution in [0.4, 0.5) is 13.2 Å². The molecule has 0 saturated carbocycles. The van der Waals surface area contributed by atoms with Crippen molar-refractivity contribution in [3.05, 3.63) is 0 Å². The minimum atomic E-state index is -4.09. The van der Waals surface area contributed by atoms with Crippen LogP contribution in [0, 0.1) is 5.41 Å². The standard InChI is InChI=1S/C9H17F3N2/c1-8(2-4-13-5-3-8)6-14-7-9(10,11)12/h13-14H,2-7H2,1H3. The normalized spacial score (nSPS) is 22.3. The molecule has 1 heterocycles. The molecule has 0 unspecified atom stereocenters. The molecule has 2 nitrogen and oxygen atoms in total. The first kappa shape index (κ1) is 11.8. The molecule has 1 saturated heterocycles. The molecule has 2 N–H and O–H groups in total. The Morgan fingerprint density at radius 1 is 1.29 bits per heavy atom. The summed E-state index contributed by atoms with van der Waals surface area (Å²) < 4.78 is 35.6. The van der Waals surface area contributed by atoms with Gasteiger partial charge in [0, 0.05) is 6.54 Å². The van der Waals surface area contributed by atoms with Crippen LogP contribution in [0.5, 0.6) is 0 Å². The van der Waals surface area contributed by atoms with E-state index in [0.717, 1.165) is 25.9 Å². The second-order valence-electron chi connectivity index (χ2n) is 4.28. The zero-order chi connectivity index (χ0) is 10.7. The number of hydrogen-bond donors (Lipinski definition) is 2. The molecular weight excluding hydrogens is 193 g/mol. The van der Waals surface area contributed by atoms with Crippen LogP contribution in [0.25, 0.3) is 0 Å². The zero-order valence-corrected chi connectivity index (χ0v) is 8.38. The Kier molecular flexibility index (Phi) is 3.78. The van der Waals surface area contributed by atoms with Crippen molar-refractivity contribution in [3.63, 3.8) is 0 Å². The van der Waals surface area contributed by atoms with Crippen LogP contribution in [-0.2, 0) is 0 Å². The lowest BCUT2D eigenvalue weighted by molar-refractivity contribution is -0.125. The molecule has 0 aromatic carbocycles. The van der Waals surface area contributed by atoms with Crippen LogP contribution in [0.1, 0.15) is 19.8 Å². The predicted octanol–water partition coefficient (Wildman–Crippen LogP) is 1.53. The smallest absolute Gasteiger partial charge is 0.317 e. The third-order valence-corrected chi connectivity index (χ3v) is 2.69. The fraction of sp³-hybridized carbons (Fsp3) is 1.00. The highest BCUT2D eigenvalue weighted by atomic mass is 19.4. The third-order valence-electron chi connectivity index (χ3n) is 2.69. The Morgan fingerprint density at radius 3 is 2.36 bits per heavy atom. The average Bonchev–Trinajstić information content (AvgIpc) is 2.02. The molecule has 1 aliphatic heterocycles. The van der Waals surface area contributed by atoms with Crippen LogP contribution in [0.3, 0.4) is 0 Å². The molecule has 0 aromatic heterocycles. The second kappa shape index (κ2) is 4.49. The van der Waals surface area contributed by atoms with Crippen LogP contribution < -0.4 is 10.6 Å². The van der Waals surface area contributed by atoms with E-state index in [2.05, 4.69) is 10.6 Å². The Morgan fingerprint density at radius 2 is 1.86 bits per heavy atom. The summed E-state index contributed by atoms with van der Waals surface area (Å²) in [6, 6.07) is 0. The number of halogens is 3. The lowest BCUT2D eigenvalue weighted by Crippen LogP contribution is -2.43. The van der Waals surface area contributed by atoms with E-state index in [9.17, 15) is 13.2 Å². The van der Waals surface area contributed by atoms with Gasteiger partial charge in [-0.3, -0.25) is 0 Å². The molecule has 1 rings (SSSR count). The topological polar surface area (TPSA) is 24.1 Å². The van der Waals surface area contributed by atoms with Gasteiger partial charge in [-0.25, -0.2) is 0 Å². The highest BCUT2D eigenvalue weighted by Gasteiger charge is 2.30. The predicted molar refractivity (Wildman–Crippen MR) is 49.1 cm³/mol. The van der Waals surface area contributed by atoms with Crippen molar-refractivity contribution < 1.29 is 13.2 Å². The van der Waals surface area contributed by atoms with Crippen molar-refractivity contribution in [2.45, 2.75) is 25.9 Å². The molecule has 0 spiro atoms. The fourth-order valence-electron chi connectivity index (χ4n) is 1.71. The molecular formula is C9H17F3N2. The van der Waals surface area contributed by atoms with Gasteiger partial charge in [-0.2, -0.15) is 13.2 Å². The molecule has 14 heavy (non-hydrogen) atoms. The van der Waals surface area contributed by atoms with Crippen LogP contribution in [0.2, 0.25) is 0 Å². The van der Waals surface area contributed by atoms with E-state index >= 15 is 0 Å². The second-order valence-corrected chi connectivity index (χ2v) is 4.28. The Hall–Kier alpha value is -0.290. The minimum Gasteiger partial charge on any atom is -0.317 e. The van der Waals surface area contributed by atoms with E-state index in [1.807, 2.05) is 6.92 Å². The lowest BCUT2D eigenvalue weighted by atomic mass is 9.81. The van der Waals surface area contributed by atoms with E-state index in [4.69, 9.17) is 0 Å². The Bertz CT molecular complexity index is 173. The molecule has 1 aliphatic rings. The molecule has 0 amide bonds. The van der Waals surface area contributed by atoms with Gasteiger partial charge in [-0.1, -0.05) is 6.92 Å². The van der Waals surface area contributed by atoms with Crippen molar-refractivity contribution in [1.29, 1.82) is 0 Å². The number of piperidine rings is 1. The maximum Gasteiger partial charge on any atom is 0.401 e. The van der Waals surface area contributed by atoms with Gasteiger partial charge in [0.1, 0.15) is 0 Å². The summed E-state index contributed by atoms with van der Waals surface area (Å²) in [4.78, 5) is 0. The number of alkyl halides is 3. The van der Waals surface area contributed by atoms with Gasteiger partial charge >= 0.3 is 6.18 Å². The van der Waals surface area contributed by atoms with Gasteiger partial charge in [-0.15, -0.1) is 0 Å². The van der Waals surface area contributed by atoms with Crippen molar-refractivity contribution in [2.24, 2.45) is 5.41 Å². The summed E-state index contributed by atoms with van der Waals surface area (Å²) >= 11 is 0. The maximum atomic E-state index is 11.9. The Balaban J connectivity index is 2.22. The first-order valence-electron chi connectivity index (χ1n) is 4.90. The summed E-state index contributed by atoms with van der Waals surface area (Å²) in [7, 11) is 0. The minimum absolute atomic E-state index is 0.0243. The van der Waals surface area contributed by atoms with Crippen molar-refractivity contribution in [2.75, 3.05) is 26.2 Å². The third kappa shape index (κ3) is 4.28. The number of rotatable bonds is 3. The molecule has 0 radical (unpaired) electrons. The monoisotopic (exact) mass is 210 g/mol. The first-order chi connectivity index (χ1) is 6.41. The summed E-state index contributed by atoms with van der Waals surface area (Å²) in [6.07, 6.45) is -2.21. The van der Waals surface area contributed by atoms with Gasteiger partial charge in [0.25, 0.3) is 0 Å². The summed E-state index contributed by atoms with van der Waals surface area (Å²) in [5.41, 5.74) is 0.0243. The summed E-state index contributed by atoms with van der Waals surface area (Å²) in [6.45, 7) is 3.43. The van der Waals surface area contributed by atoms with Gasteiger partial charge in [0.2, 0.25) is 0 Å². The number of nitrogens with one attached hydrogen (secondary N) is 2. The highest BCUT2D eigenvalue weighted by molar-refractivity contribution is 4.82. The quantitative estimate of drug-likeness (QED) is 0.738. The fourth-order valence-corrected chi connectivity index (χ4v) is 1.71. The lowest BCUT2D eigenvalue weighted by Gasteiger charge is -2.34. The molecule has 5 heteroatoms. The van der Waals surface area contributed by atoms with E-state index in [1.165, 1.54) is 0 Å². The molecule has 0 atom stereocenters.